The number of hydrogen-bond donors (Lipinski definition) is 0. The second-order valence-electron chi connectivity index (χ2n) is 4.69. The molecule has 8 heteroatoms. The summed E-state index contributed by atoms with van der Waals surface area (Å²) in [5, 5.41) is 3.96. The lowest BCUT2D eigenvalue weighted by Crippen LogP contribution is -2.46. The van der Waals surface area contributed by atoms with Gasteiger partial charge in [0.05, 0.1) is 12.8 Å². The van der Waals surface area contributed by atoms with Crippen molar-refractivity contribution >= 4 is 38.9 Å². The van der Waals surface area contributed by atoms with E-state index in [-0.39, 0.29) is 5.97 Å². The Morgan fingerprint density at radius 1 is 1.24 bits per heavy atom. The van der Waals surface area contributed by atoms with E-state index in [1.165, 1.54) is 18.4 Å². The number of carbonyl (C=O) groups is 1. The number of aromatic nitrogens is 2. The summed E-state index contributed by atoms with van der Waals surface area (Å²) < 4.78 is 4.78. The van der Waals surface area contributed by atoms with Gasteiger partial charge in [-0.05, 0) is 6.92 Å². The predicted octanol–water partition coefficient (Wildman–Crippen LogP) is 2.02. The molecule has 112 valence electrons. The van der Waals surface area contributed by atoms with Crippen molar-refractivity contribution < 1.29 is 9.53 Å². The highest BCUT2D eigenvalue weighted by molar-refractivity contribution is 7.17. The molecule has 0 spiro atoms. The van der Waals surface area contributed by atoms with Crippen LogP contribution in [0.1, 0.15) is 15.4 Å². The fourth-order valence-electron chi connectivity index (χ4n) is 2.26. The van der Waals surface area contributed by atoms with E-state index >= 15 is 0 Å². The molecule has 6 nitrogen and oxygen atoms in total. The minimum Gasteiger partial charge on any atom is -0.465 e. The first kappa shape index (κ1) is 14.3. The Morgan fingerprint density at radius 3 is 2.48 bits per heavy atom. The number of aryl methyl sites for hydroxylation is 1. The summed E-state index contributed by atoms with van der Waals surface area (Å²) in [6.45, 7) is 5.44. The normalized spacial score (nSPS) is 15.3. The fourth-order valence-corrected chi connectivity index (χ4v) is 3.99. The van der Waals surface area contributed by atoms with Crippen LogP contribution in [0, 0.1) is 6.92 Å². The second-order valence-corrected chi connectivity index (χ2v) is 6.54. The second kappa shape index (κ2) is 5.98. The Kier molecular flexibility index (Phi) is 4.07. The molecular weight excluding hydrogens is 308 g/mol. The van der Waals surface area contributed by atoms with Crippen LogP contribution in [0.2, 0.25) is 0 Å². The first-order valence-corrected chi connectivity index (χ1v) is 8.34. The molecule has 0 N–H and O–H groups in total. The molecule has 0 atom stereocenters. The van der Waals surface area contributed by atoms with Gasteiger partial charge in [-0.15, -0.1) is 11.3 Å². The van der Waals surface area contributed by atoms with Gasteiger partial charge in [-0.25, -0.2) is 14.8 Å². The van der Waals surface area contributed by atoms with E-state index in [1.54, 1.807) is 11.3 Å². The molecule has 0 amide bonds. The van der Waals surface area contributed by atoms with Crippen LogP contribution in [-0.2, 0) is 4.74 Å². The summed E-state index contributed by atoms with van der Waals surface area (Å²) in [7, 11) is 1.40. The van der Waals surface area contributed by atoms with Gasteiger partial charge >= 0.3 is 5.97 Å². The van der Waals surface area contributed by atoms with Crippen LogP contribution in [0.25, 0.3) is 0 Å². The molecule has 1 saturated heterocycles. The Bertz CT molecular complexity index is 618. The van der Waals surface area contributed by atoms with Crippen molar-refractivity contribution in [2.75, 3.05) is 43.1 Å². The summed E-state index contributed by atoms with van der Waals surface area (Å²) >= 11 is 3.07. The SMILES string of the molecule is COC(=O)c1sc(N2CCN(c3nccs3)CC2)nc1C. The van der Waals surface area contributed by atoms with Crippen molar-refractivity contribution in [1.29, 1.82) is 0 Å². The molecular formula is C13H16N4O2S2. The third-order valence-electron chi connectivity index (χ3n) is 3.40. The highest BCUT2D eigenvalue weighted by Crippen LogP contribution is 2.28. The van der Waals surface area contributed by atoms with Crippen LogP contribution in [0.4, 0.5) is 10.3 Å². The molecule has 2 aromatic heterocycles. The van der Waals surface area contributed by atoms with Crippen LogP contribution >= 0.6 is 22.7 Å². The summed E-state index contributed by atoms with van der Waals surface area (Å²) in [6, 6.07) is 0. The Labute approximate surface area is 131 Å². The molecule has 2 aromatic rings. The van der Waals surface area contributed by atoms with Crippen LogP contribution in [0.3, 0.4) is 0 Å². The monoisotopic (exact) mass is 324 g/mol. The zero-order valence-corrected chi connectivity index (χ0v) is 13.5. The van der Waals surface area contributed by atoms with Crippen molar-refractivity contribution in [3.8, 4) is 0 Å². The summed E-state index contributed by atoms with van der Waals surface area (Å²) in [4.78, 5) is 25.6. The molecule has 0 bridgehead atoms. The first-order valence-electron chi connectivity index (χ1n) is 6.64. The van der Waals surface area contributed by atoms with Crippen LogP contribution in [0.15, 0.2) is 11.6 Å². The molecule has 0 aromatic carbocycles. The standard InChI is InChI=1S/C13H16N4O2S2/c1-9-10(11(18)19-2)21-13(15-9)17-6-4-16(5-7-17)12-14-3-8-20-12/h3,8H,4-7H2,1-2H3. The minimum absolute atomic E-state index is 0.308. The van der Waals surface area contributed by atoms with E-state index in [4.69, 9.17) is 4.74 Å². The third kappa shape index (κ3) is 2.86. The maximum atomic E-state index is 11.7. The van der Waals surface area contributed by atoms with E-state index in [9.17, 15) is 4.79 Å². The first-order chi connectivity index (χ1) is 10.2. The van der Waals surface area contributed by atoms with E-state index in [0.29, 0.717) is 4.88 Å². The average molecular weight is 324 g/mol. The molecule has 3 rings (SSSR count). The summed E-state index contributed by atoms with van der Waals surface area (Å²) in [5.41, 5.74) is 0.740. The van der Waals surface area contributed by atoms with Crippen molar-refractivity contribution in [2.24, 2.45) is 0 Å². The predicted molar refractivity (Wildman–Crippen MR) is 84.7 cm³/mol. The molecule has 0 aliphatic carbocycles. The van der Waals surface area contributed by atoms with Crippen molar-refractivity contribution in [2.45, 2.75) is 6.92 Å². The van der Waals surface area contributed by atoms with Gasteiger partial charge in [0.15, 0.2) is 10.3 Å². The van der Waals surface area contributed by atoms with E-state index in [1.807, 2.05) is 18.5 Å². The number of carbonyl (C=O) groups excluding carboxylic acids is 1. The topological polar surface area (TPSA) is 58.6 Å². The number of piperazine rings is 1. The maximum Gasteiger partial charge on any atom is 0.350 e. The number of hydrogen-bond acceptors (Lipinski definition) is 8. The van der Waals surface area contributed by atoms with Gasteiger partial charge in [0.2, 0.25) is 0 Å². The zero-order valence-electron chi connectivity index (χ0n) is 11.9. The van der Waals surface area contributed by atoms with Gasteiger partial charge in [-0.2, -0.15) is 0 Å². The lowest BCUT2D eigenvalue weighted by atomic mass is 10.3. The highest BCUT2D eigenvalue weighted by atomic mass is 32.1. The number of nitrogens with zero attached hydrogens (tertiary/aromatic N) is 4. The lowest BCUT2D eigenvalue weighted by molar-refractivity contribution is 0.0605. The highest BCUT2D eigenvalue weighted by Gasteiger charge is 2.23. The minimum atomic E-state index is -0.308. The molecule has 3 heterocycles. The van der Waals surface area contributed by atoms with Gasteiger partial charge in [-0.3, -0.25) is 0 Å². The number of rotatable bonds is 3. The number of anilines is 2. The summed E-state index contributed by atoms with van der Waals surface area (Å²) in [5.74, 6) is -0.308. The van der Waals surface area contributed by atoms with Gasteiger partial charge in [0, 0.05) is 37.8 Å². The van der Waals surface area contributed by atoms with Crippen molar-refractivity contribution in [3.63, 3.8) is 0 Å². The van der Waals surface area contributed by atoms with E-state index in [2.05, 4.69) is 19.8 Å². The smallest absolute Gasteiger partial charge is 0.350 e. The van der Waals surface area contributed by atoms with Crippen molar-refractivity contribution in [1.82, 2.24) is 9.97 Å². The molecule has 1 aliphatic rings. The van der Waals surface area contributed by atoms with E-state index in [0.717, 1.165) is 42.1 Å². The molecule has 0 saturated carbocycles. The molecule has 21 heavy (non-hydrogen) atoms. The number of esters is 1. The molecule has 1 aliphatic heterocycles. The quantitative estimate of drug-likeness (QED) is 0.805. The Morgan fingerprint density at radius 2 is 1.90 bits per heavy atom. The average Bonchev–Trinajstić information content (AvgIpc) is 3.16. The van der Waals surface area contributed by atoms with Gasteiger partial charge in [-0.1, -0.05) is 11.3 Å². The van der Waals surface area contributed by atoms with Gasteiger partial charge in [0.25, 0.3) is 0 Å². The number of ether oxygens (including phenoxy) is 1. The maximum absolute atomic E-state index is 11.7. The van der Waals surface area contributed by atoms with Gasteiger partial charge in [0.1, 0.15) is 4.88 Å². The van der Waals surface area contributed by atoms with E-state index < -0.39 is 0 Å². The number of methoxy groups -OCH3 is 1. The Balaban J connectivity index is 1.68. The lowest BCUT2D eigenvalue weighted by Gasteiger charge is -2.34. The largest absolute Gasteiger partial charge is 0.465 e. The molecule has 0 unspecified atom stereocenters. The molecule has 0 radical (unpaired) electrons. The van der Waals surface area contributed by atoms with Crippen LogP contribution in [-0.4, -0.2) is 49.2 Å². The summed E-state index contributed by atoms with van der Waals surface area (Å²) in [6.07, 6.45) is 1.83. The van der Waals surface area contributed by atoms with Crippen molar-refractivity contribution in [3.05, 3.63) is 22.1 Å². The van der Waals surface area contributed by atoms with Gasteiger partial charge < -0.3 is 14.5 Å². The third-order valence-corrected chi connectivity index (χ3v) is 5.43. The zero-order chi connectivity index (χ0) is 14.8. The fraction of sp³-hybridized carbons (Fsp3) is 0.462. The Hall–Kier alpha value is -1.67. The van der Waals surface area contributed by atoms with Crippen LogP contribution < -0.4 is 9.80 Å². The van der Waals surface area contributed by atoms with Crippen LogP contribution in [0.5, 0.6) is 0 Å². The number of thiazole rings is 2. The molecule has 1 fully saturated rings.